The summed E-state index contributed by atoms with van der Waals surface area (Å²) in [5.74, 6) is -0.894. The largest absolute Gasteiger partial charge is 0.352 e. The number of nitrogens with zero attached hydrogens (tertiary/aromatic N) is 2. The molecule has 0 saturated heterocycles. The number of hydrogen-bond acceptors (Lipinski definition) is 4. The Hall–Kier alpha value is -3.85. The molecule has 0 spiro atoms. The molecule has 10 heteroatoms. The number of carbonyl (C=O) groups is 2. The molecular weight excluding hydrogens is 605 g/mol. The first-order chi connectivity index (χ1) is 20.5. The molecule has 0 radical (unpaired) electrons. The fourth-order valence-electron chi connectivity index (χ4n) is 4.58. The molecular formula is C33H33Cl2N3O4S. The van der Waals surface area contributed by atoms with Gasteiger partial charge in [-0.15, -0.1) is 0 Å². The zero-order valence-corrected chi connectivity index (χ0v) is 26.2. The molecule has 0 unspecified atom stereocenters. The second-order valence-electron chi connectivity index (χ2n) is 10.3. The molecule has 2 amide bonds. The lowest BCUT2D eigenvalue weighted by Crippen LogP contribution is -2.54. The number of rotatable bonds is 12. The Balaban J connectivity index is 1.79. The van der Waals surface area contributed by atoms with Gasteiger partial charge in [0.2, 0.25) is 11.8 Å². The quantitative estimate of drug-likeness (QED) is 0.196. The maximum Gasteiger partial charge on any atom is 0.264 e. The van der Waals surface area contributed by atoms with Gasteiger partial charge in [-0.2, -0.15) is 0 Å². The van der Waals surface area contributed by atoms with Crippen LogP contribution in [0, 0.1) is 0 Å². The molecule has 1 atom stereocenters. The van der Waals surface area contributed by atoms with Crippen molar-refractivity contribution in [2.75, 3.05) is 10.8 Å². The second-order valence-corrected chi connectivity index (χ2v) is 13.1. The molecule has 4 aromatic rings. The van der Waals surface area contributed by atoms with Crippen LogP contribution in [0.3, 0.4) is 0 Å². The zero-order chi connectivity index (χ0) is 31.0. The first kappa shape index (κ1) is 32.1. The van der Waals surface area contributed by atoms with Gasteiger partial charge < -0.3 is 10.2 Å². The first-order valence-electron chi connectivity index (χ1n) is 13.8. The predicted molar refractivity (Wildman–Crippen MR) is 172 cm³/mol. The molecule has 0 saturated carbocycles. The summed E-state index contributed by atoms with van der Waals surface area (Å²) in [7, 11) is -4.17. The maximum absolute atomic E-state index is 14.4. The molecule has 0 fully saturated rings. The third-order valence-corrected chi connectivity index (χ3v) is 8.98. The van der Waals surface area contributed by atoms with Crippen LogP contribution < -0.4 is 9.62 Å². The van der Waals surface area contributed by atoms with Crippen molar-refractivity contribution in [3.63, 3.8) is 0 Å². The van der Waals surface area contributed by atoms with Gasteiger partial charge in [0.15, 0.2) is 0 Å². The molecule has 1 N–H and O–H groups in total. The third kappa shape index (κ3) is 8.60. The minimum absolute atomic E-state index is 0.0281. The standard InChI is InChI=1S/C33H33Cl2N3O4S/c1-24(2)36-33(40)31(21-25-9-5-3-6-10-25)37(22-26-13-15-27(34)16-14-26)32(39)23-38(29-19-17-28(35)18-20-29)43(41,42)30-11-7-4-8-12-30/h3-20,24,31H,21-23H2,1-2H3,(H,36,40)/t31-/m0/s1. The van der Waals surface area contributed by atoms with Crippen molar-refractivity contribution < 1.29 is 18.0 Å². The number of amides is 2. The summed E-state index contributed by atoms with van der Waals surface area (Å²) in [4.78, 5) is 29.5. The van der Waals surface area contributed by atoms with E-state index in [-0.39, 0.29) is 35.5 Å². The highest BCUT2D eigenvalue weighted by Gasteiger charge is 2.34. The monoisotopic (exact) mass is 637 g/mol. The van der Waals surface area contributed by atoms with E-state index in [1.807, 2.05) is 44.2 Å². The zero-order valence-electron chi connectivity index (χ0n) is 23.9. The fraction of sp³-hybridized carbons (Fsp3) is 0.212. The molecule has 4 rings (SSSR count). The SMILES string of the molecule is CC(C)NC(=O)[C@H](Cc1ccccc1)N(Cc1ccc(Cl)cc1)C(=O)CN(c1ccc(Cl)cc1)S(=O)(=O)c1ccccc1. The minimum Gasteiger partial charge on any atom is -0.352 e. The lowest BCUT2D eigenvalue weighted by atomic mass is 10.0. The van der Waals surface area contributed by atoms with Crippen molar-refractivity contribution in [1.82, 2.24) is 10.2 Å². The van der Waals surface area contributed by atoms with E-state index < -0.39 is 28.5 Å². The van der Waals surface area contributed by atoms with Gasteiger partial charge in [0.25, 0.3) is 10.0 Å². The van der Waals surface area contributed by atoms with Crippen LogP contribution >= 0.6 is 23.2 Å². The highest BCUT2D eigenvalue weighted by Crippen LogP contribution is 2.26. The molecule has 0 aromatic heterocycles. The Morgan fingerprint density at radius 1 is 0.744 bits per heavy atom. The highest BCUT2D eigenvalue weighted by molar-refractivity contribution is 7.92. The summed E-state index contributed by atoms with van der Waals surface area (Å²) in [6.45, 7) is 3.20. The van der Waals surface area contributed by atoms with E-state index in [1.165, 1.54) is 17.0 Å². The van der Waals surface area contributed by atoms with Gasteiger partial charge in [-0.3, -0.25) is 13.9 Å². The summed E-state index contributed by atoms with van der Waals surface area (Å²) >= 11 is 12.2. The Labute approximate surface area is 263 Å². The van der Waals surface area contributed by atoms with E-state index >= 15 is 0 Å². The van der Waals surface area contributed by atoms with Crippen LogP contribution in [-0.4, -0.2) is 43.8 Å². The highest BCUT2D eigenvalue weighted by atomic mass is 35.5. The molecule has 0 aliphatic rings. The van der Waals surface area contributed by atoms with Gasteiger partial charge in [-0.25, -0.2) is 8.42 Å². The third-order valence-electron chi connectivity index (χ3n) is 6.69. The van der Waals surface area contributed by atoms with Crippen LogP contribution in [0.2, 0.25) is 10.0 Å². The number of halogens is 2. The van der Waals surface area contributed by atoms with Gasteiger partial charge in [0, 0.05) is 29.1 Å². The van der Waals surface area contributed by atoms with E-state index in [4.69, 9.17) is 23.2 Å². The van der Waals surface area contributed by atoms with Gasteiger partial charge in [-0.05, 0) is 73.5 Å². The van der Waals surface area contributed by atoms with Crippen LogP contribution in [0.25, 0.3) is 0 Å². The van der Waals surface area contributed by atoms with E-state index in [2.05, 4.69) is 5.32 Å². The van der Waals surface area contributed by atoms with Gasteiger partial charge >= 0.3 is 0 Å². The summed E-state index contributed by atoms with van der Waals surface area (Å²) in [6.07, 6.45) is 0.227. The number of anilines is 1. The minimum atomic E-state index is -4.17. The summed E-state index contributed by atoms with van der Waals surface area (Å²) in [6, 6.07) is 29.4. The number of hydrogen-bond donors (Lipinski definition) is 1. The number of benzene rings is 4. The molecule has 224 valence electrons. The van der Waals surface area contributed by atoms with Gasteiger partial charge in [-0.1, -0.05) is 83.9 Å². The van der Waals surface area contributed by atoms with Crippen molar-refractivity contribution in [1.29, 1.82) is 0 Å². The predicted octanol–water partition coefficient (Wildman–Crippen LogP) is 6.35. The van der Waals surface area contributed by atoms with E-state index in [1.54, 1.807) is 66.7 Å². The van der Waals surface area contributed by atoms with Gasteiger partial charge in [0.1, 0.15) is 12.6 Å². The van der Waals surface area contributed by atoms with Crippen molar-refractivity contribution in [3.05, 3.63) is 130 Å². The van der Waals surface area contributed by atoms with Crippen molar-refractivity contribution in [3.8, 4) is 0 Å². The Kier molecular flexibility index (Phi) is 10.9. The molecule has 0 aliphatic heterocycles. The van der Waals surface area contributed by atoms with Crippen molar-refractivity contribution in [2.45, 2.75) is 43.8 Å². The Bertz CT molecular complexity index is 1620. The van der Waals surface area contributed by atoms with Crippen LogP contribution in [0.5, 0.6) is 0 Å². The summed E-state index contributed by atoms with van der Waals surface area (Å²) in [5, 5.41) is 3.89. The second kappa shape index (κ2) is 14.6. The average Bonchev–Trinajstić information content (AvgIpc) is 2.99. The van der Waals surface area contributed by atoms with Crippen LogP contribution in [0.4, 0.5) is 5.69 Å². The molecule has 43 heavy (non-hydrogen) atoms. The Morgan fingerprint density at radius 3 is 1.84 bits per heavy atom. The molecule has 0 bridgehead atoms. The summed E-state index contributed by atoms with van der Waals surface area (Å²) < 4.78 is 28.9. The van der Waals surface area contributed by atoms with Crippen LogP contribution in [-0.2, 0) is 32.6 Å². The number of nitrogens with one attached hydrogen (secondary N) is 1. The normalized spacial score (nSPS) is 12.0. The lowest BCUT2D eigenvalue weighted by Gasteiger charge is -2.34. The molecule has 0 aliphatic carbocycles. The average molecular weight is 639 g/mol. The smallest absolute Gasteiger partial charge is 0.264 e. The fourth-order valence-corrected chi connectivity index (χ4v) is 6.26. The number of sulfonamides is 1. The molecule has 0 heterocycles. The van der Waals surface area contributed by atoms with E-state index in [0.717, 1.165) is 15.4 Å². The van der Waals surface area contributed by atoms with Crippen LogP contribution in [0.1, 0.15) is 25.0 Å². The van der Waals surface area contributed by atoms with Gasteiger partial charge in [0.05, 0.1) is 10.6 Å². The van der Waals surface area contributed by atoms with Crippen LogP contribution in [0.15, 0.2) is 114 Å². The topological polar surface area (TPSA) is 86.8 Å². The first-order valence-corrected chi connectivity index (χ1v) is 16.0. The molecule has 4 aromatic carbocycles. The van der Waals surface area contributed by atoms with E-state index in [0.29, 0.717) is 10.0 Å². The summed E-state index contributed by atoms with van der Waals surface area (Å²) in [5.41, 5.74) is 1.85. The maximum atomic E-state index is 14.4. The number of carbonyl (C=O) groups excluding carboxylic acids is 2. The van der Waals surface area contributed by atoms with E-state index in [9.17, 15) is 18.0 Å². The Morgan fingerprint density at radius 2 is 1.28 bits per heavy atom. The molecule has 7 nitrogen and oxygen atoms in total. The van der Waals surface area contributed by atoms with Crippen molar-refractivity contribution in [2.24, 2.45) is 0 Å². The lowest BCUT2D eigenvalue weighted by molar-refractivity contribution is -0.140. The van der Waals surface area contributed by atoms with Crippen molar-refractivity contribution >= 4 is 50.7 Å².